The van der Waals surface area contributed by atoms with Crippen molar-refractivity contribution in [1.82, 2.24) is 4.98 Å². The molecule has 1 rings (SSSR count). The molecule has 0 aliphatic heterocycles. The van der Waals surface area contributed by atoms with Crippen molar-refractivity contribution in [3.05, 3.63) is 12.1 Å². The first-order valence-electron chi connectivity index (χ1n) is 4.34. The normalized spacial score (nSPS) is 9.73. The van der Waals surface area contributed by atoms with Gasteiger partial charge >= 0.3 is 0 Å². The van der Waals surface area contributed by atoms with Crippen LogP contribution in [0.3, 0.4) is 0 Å². The molecule has 0 saturated heterocycles. The second kappa shape index (κ2) is 4.50. The van der Waals surface area contributed by atoms with Crippen LogP contribution in [-0.2, 0) is 4.79 Å². The second-order valence-electron chi connectivity index (χ2n) is 3.09. The molecule has 6 heteroatoms. The number of nitrogens with two attached hydrogens (primary N) is 2. The smallest absolute Gasteiger partial charge is 0.238 e. The zero-order valence-electron chi connectivity index (χ0n) is 8.73. The summed E-state index contributed by atoms with van der Waals surface area (Å²) in [6, 6.07) is 3.36. The summed E-state index contributed by atoms with van der Waals surface area (Å²) >= 11 is 0. The summed E-state index contributed by atoms with van der Waals surface area (Å²) in [7, 11) is 3.19. The zero-order chi connectivity index (χ0) is 11.4. The van der Waals surface area contributed by atoms with E-state index in [-0.39, 0.29) is 6.54 Å². The Morgan fingerprint density at radius 2 is 2.27 bits per heavy atom. The lowest BCUT2D eigenvalue weighted by Crippen LogP contribution is -2.31. The summed E-state index contributed by atoms with van der Waals surface area (Å²) in [5.41, 5.74) is 11.1. The molecule has 0 aromatic carbocycles. The highest BCUT2D eigenvalue weighted by molar-refractivity contribution is 5.79. The van der Waals surface area contributed by atoms with Crippen molar-refractivity contribution in [1.29, 1.82) is 0 Å². The van der Waals surface area contributed by atoms with Crippen LogP contribution in [0.25, 0.3) is 0 Å². The molecule has 1 heterocycles. The van der Waals surface area contributed by atoms with Crippen LogP contribution in [0.2, 0.25) is 0 Å². The Morgan fingerprint density at radius 1 is 1.60 bits per heavy atom. The topological polar surface area (TPSA) is 94.5 Å². The van der Waals surface area contributed by atoms with E-state index >= 15 is 0 Å². The number of ether oxygens (including phenoxy) is 1. The highest BCUT2D eigenvalue weighted by atomic mass is 16.5. The van der Waals surface area contributed by atoms with Gasteiger partial charge in [-0.1, -0.05) is 0 Å². The number of amides is 1. The molecule has 0 atom stereocenters. The molecule has 0 spiro atoms. The minimum atomic E-state index is -0.421. The summed E-state index contributed by atoms with van der Waals surface area (Å²) < 4.78 is 4.96. The number of carbonyl (C=O) groups excluding carboxylic acids is 1. The van der Waals surface area contributed by atoms with E-state index in [1.165, 1.54) is 7.11 Å². The number of carbonyl (C=O) groups is 1. The fourth-order valence-corrected chi connectivity index (χ4v) is 1.13. The number of methoxy groups -OCH3 is 1. The third kappa shape index (κ3) is 2.73. The van der Waals surface area contributed by atoms with E-state index in [0.29, 0.717) is 17.4 Å². The molecule has 1 amide bonds. The number of hydrogen-bond acceptors (Lipinski definition) is 5. The molecular weight excluding hydrogens is 196 g/mol. The molecule has 0 fully saturated rings. The molecule has 0 unspecified atom stereocenters. The van der Waals surface area contributed by atoms with Gasteiger partial charge in [0.15, 0.2) is 0 Å². The molecule has 6 nitrogen and oxygen atoms in total. The summed E-state index contributed by atoms with van der Waals surface area (Å²) in [5.74, 6) is 0.499. The van der Waals surface area contributed by atoms with Crippen LogP contribution in [0.4, 0.5) is 11.5 Å². The number of aromatic nitrogens is 1. The second-order valence-corrected chi connectivity index (χ2v) is 3.09. The van der Waals surface area contributed by atoms with Crippen LogP contribution in [-0.4, -0.2) is 31.6 Å². The first-order valence-corrected chi connectivity index (χ1v) is 4.34. The van der Waals surface area contributed by atoms with Crippen molar-refractivity contribution in [2.45, 2.75) is 0 Å². The fraction of sp³-hybridized carbons (Fsp3) is 0.333. The lowest BCUT2D eigenvalue weighted by Gasteiger charge is -2.16. The van der Waals surface area contributed by atoms with Gasteiger partial charge in [0.1, 0.15) is 5.82 Å². The maximum absolute atomic E-state index is 10.7. The molecular formula is C9H14N4O2. The van der Waals surface area contributed by atoms with Gasteiger partial charge in [0, 0.05) is 7.05 Å². The van der Waals surface area contributed by atoms with E-state index in [1.54, 1.807) is 24.1 Å². The number of pyridine rings is 1. The van der Waals surface area contributed by atoms with E-state index in [1.807, 2.05) is 0 Å². The molecule has 4 N–H and O–H groups in total. The van der Waals surface area contributed by atoms with Crippen LogP contribution < -0.4 is 21.1 Å². The van der Waals surface area contributed by atoms with Gasteiger partial charge in [-0.15, -0.1) is 0 Å². The van der Waals surface area contributed by atoms with E-state index in [0.717, 1.165) is 0 Å². The van der Waals surface area contributed by atoms with Gasteiger partial charge in [0.25, 0.3) is 0 Å². The van der Waals surface area contributed by atoms with Crippen molar-refractivity contribution in [2.75, 3.05) is 31.3 Å². The quantitative estimate of drug-likeness (QED) is 0.704. The maximum Gasteiger partial charge on any atom is 0.238 e. The number of anilines is 2. The van der Waals surface area contributed by atoms with E-state index in [4.69, 9.17) is 16.2 Å². The highest BCUT2D eigenvalue weighted by Crippen LogP contribution is 2.21. The van der Waals surface area contributed by atoms with Gasteiger partial charge < -0.3 is 21.1 Å². The number of hydrogen-bond donors (Lipinski definition) is 2. The Hall–Kier alpha value is -1.98. The van der Waals surface area contributed by atoms with Gasteiger partial charge in [-0.05, 0) is 12.1 Å². The number of nitrogen functional groups attached to an aromatic ring is 1. The van der Waals surface area contributed by atoms with Crippen LogP contribution in [0.15, 0.2) is 12.1 Å². The molecule has 1 aromatic rings. The number of nitrogens with zero attached hydrogens (tertiary/aromatic N) is 2. The van der Waals surface area contributed by atoms with Crippen LogP contribution in [0.5, 0.6) is 5.88 Å². The summed E-state index contributed by atoms with van der Waals surface area (Å²) in [5, 5.41) is 0. The Kier molecular flexibility index (Phi) is 3.33. The molecule has 0 bridgehead atoms. The number of likely N-dealkylation sites (N-methyl/N-ethyl adjacent to an activating group) is 1. The molecule has 0 aliphatic carbocycles. The van der Waals surface area contributed by atoms with Crippen LogP contribution in [0.1, 0.15) is 0 Å². The largest absolute Gasteiger partial charge is 0.479 e. The first kappa shape index (κ1) is 11.1. The maximum atomic E-state index is 10.7. The van der Waals surface area contributed by atoms with Crippen molar-refractivity contribution >= 4 is 17.4 Å². The van der Waals surface area contributed by atoms with Crippen LogP contribution >= 0.6 is 0 Å². The van der Waals surface area contributed by atoms with Gasteiger partial charge in [0.05, 0.1) is 19.3 Å². The van der Waals surface area contributed by atoms with Gasteiger partial charge in [-0.25, -0.2) is 0 Å². The van der Waals surface area contributed by atoms with Gasteiger partial charge in [-0.2, -0.15) is 4.98 Å². The minimum absolute atomic E-state index is 0.0973. The Bertz CT molecular complexity index is 367. The predicted octanol–water partition coefficient (Wildman–Crippen LogP) is -0.406. The minimum Gasteiger partial charge on any atom is -0.479 e. The zero-order valence-corrected chi connectivity index (χ0v) is 8.73. The van der Waals surface area contributed by atoms with Crippen molar-refractivity contribution < 1.29 is 9.53 Å². The van der Waals surface area contributed by atoms with Crippen molar-refractivity contribution in [2.24, 2.45) is 5.73 Å². The number of primary amides is 1. The molecule has 1 aromatic heterocycles. The highest BCUT2D eigenvalue weighted by Gasteiger charge is 2.08. The van der Waals surface area contributed by atoms with Crippen molar-refractivity contribution in [3.8, 4) is 5.88 Å². The molecule has 0 saturated carbocycles. The van der Waals surface area contributed by atoms with Gasteiger partial charge in [0.2, 0.25) is 11.8 Å². The van der Waals surface area contributed by atoms with E-state index < -0.39 is 5.91 Å². The molecule has 15 heavy (non-hydrogen) atoms. The number of rotatable bonds is 4. The lowest BCUT2D eigenvalue weighted by atomic mass is 10.3. The molecule has 0 aliphatic rings. The standard InChI is InChI=1S/C9H14N4O2/c1-13(5-7(11)14)8-4-3-6(10)9(12-8)15-2/h3-4H,5,10H2,1-2H3,(H2,11,14). The average Bonchev–Trinajstić information content (AvgIpc) is 2.17. The molecule has 82 valence electrons. The average molecular weight is 210 g/mol. The summed E-state index contributed by atoms with van der Waals surface area (Å²) in [4.78, 5) is 16.4. The lowest BCUT2D eigenvalue weighted by molar-refractivity contribution is -0.116. The third-order valence-electron chi connectivity index (χ3n) is 1.85. The Morgan fingerprint density at radius 3 is 2.80 bits per heavy atom. The van der Waals surface area contributed by atoms with E-state index in [9.17, 15) is 4.79 Å². The van der Waals surface area contributed by atoms with Gasteiger partial charge in [-0.3, -0.25) is 4.79 Å². The van der Waals surface area contributed by atoms with E-state index in [2.05, 4.69) is 4.98 Å². The monoisotopic (exact) mass is 210 g/mol. The van der Waals surface area contributed by atoms with Crippen LogP contribution in [0, 0.1) is 0 Å². The SMILES string of the molecule is COc1nc(N(C)CC(N)=O)ccc1N. The summed E-state index contributed by atoms with van der Waals surface area (Å²) in [6.07, 6.45) is 0. The summed E-state index contributed by atoms with van der Waals surface area (Å²) in [6.45, 7) is 0.0973. The Labute approximate surface area is 87.8 Å². The predicted molar refractivity (Wildman–Crippen MR) is 57.7 cm³/mol. The first-order chi connectivity index (χ1) is 7.04. The Balaban J connectivity index is 2.90. The van der Waals surface area contributed by atoms with Crippen molar-refractivity contribution in [3.63, 3.8) is 0 Å². The molecule has 0 radical (unpaired) electrons. The third-order valence-corrected chi connectivity index (χ3v) is 1.85. The fourth-order valence-electron chi connectivity index (χ4n) is 1.13.